The molecule has 4 rings (SSSR count). The monoisotopic (exact) mass is 454 g/mol. The number of carbonyl (C=O) groups is 2. The van der Waals surface area contributed by atoms with E-state index < -0.39 is 0 Å². The smallest absolute Gasteiger partial charge is 0.243 e. The van der Waals surface area contributed by atoms with Gasteiger partial charge in [-0.3, -0.25) is 9.59 Å². The number of amides is 1. The lowest BCUT2D eigenvalue weighted by atomic mass is 10.0. The molecule has 0 N–H and O–H groups in total. The van der Waals surface area contributed by atoms with Gasteiger partial charge in [-0.25, -0.2) is 9.40 Å². The predicted molar refractivity (Wildman–Crippen MR) is 122 cm³/mol. The zero-order valence-corrected chi connectivity index (χ0v) is 18.7. The first kappa shape index (κ1) is 22.0. The van der Waals surface area contributed by atoms with E-state index >= 15 is 0 Å². The molecule has 3 aromatic rings. The fraction of sp³-hybridized carbons (Fsp3) is 0.292. The lowest BCUT2D eigenvalue weighted by Gasteiger charge is -2.24. The van der Waals surface area contributed by atoms with Crippen molar-refractivity contribution in [2.75, 3.05) is 20.8 Å². The first-order chi connectivity index (χ1) is 15.5. The maximum Gasteiger partial charge on any atom is 0.243 e. The summed E-state index contributed by atoms with van der Waals surface area (Å²) < 4.78 is 25.1. The van der Waals surface area contributed by atoms with Gasteiger partial charge in [0.05, 0.1) is 24.6 Å². The van der Waals surface area contributed by atoms with Crippen LogP contribution in [0.2, 0.25) is 0 Å². The first-order valence-electron chi connectivity index (χ1n) is 10.3. The molecule has 8 heteroatoms. The third kappa shape index (κ3) is 4.36. The molecule has 0 bridgehead atoms. The van der Waals surface area contributed by atoms with Gasteiger partial charge in [-0.2, -0.15) is 5.10 Å². The second-order valence-corrected chi connectivity index (χ2v) is 8.33. The molecule has 0 fully saturated rings. The molecule has 2 heterocycles. The van der Waals surface area contributed by atoms with Gasteiger partial charge in [0.25, 0.3) is 0 Å². The van der Waals surface area contributed by atoms with E-state index in [4.69, 9.17) is 9.47 Å². The molecule has 0 spiro atoms. The van der Waals surface area contributed by atoms with Crippen LogP contribution in [-0.2, 0) is 4.79 Å². The van der Waals surface area contributed by atoms with Gasteiger partial charge in [-0.05, 0) is 54.6 Å². The summed E-state index contributed by atoms with van der Waals surface area (Å²) in [4.78, 5) is 25.4. The van der Waals surface area contributed by atoms with Gasteiger partial charge in [0.2, 0.25) is 5.91 Å². The zero-order chi connectivity index (χ0) is 22.7. The summed E-state index contributed by atoms with van der Waals surface area (Å²) in [7, 11) is 3.04. The Morgan fingerprint density at radius 3 is 2.69 bits per heavy atom. The molecule has 1 amide bonds. The van der Waals surface area contributed by atoms with Crippen molar-refractivity contribution in [2.45, 2.75) is 25.7 Å². The van der Waals surface area contributed by atoms with Gasteiger partial charge in [-0.15, -0.1) is 11.3 Å². The highest BCUT2D eigenvalue weighted by Gasteiger charge is 2.22. The Kier molecular flexibility index (Phi) is 6.50. The molecule has 0 radical (unpaired) electrons. The van der Waals surface area contributed by atoms with E-state index in [1.807, 2.05) is 11.4 Å². The molecule has 1 aliphatic rings. The van der Waals surface area contributed by atoms with Gasteiger partial charge in [0.15, 0.2) is 17.3 Å². The molecule has 1 aromatic heterocycles. The second-order valence-electron chi connectivity index (χ2n) is 7.42. The van der Waals surface area contributed by atoms with E-state index in [-0.39, 0.29) is 30.3 Å². The average Bonchev–Trinajstić information content (AvgIpc) is 3.33. The molecule has 0 aliphatic carbocycles. The number of fused-ring (bicyclic) bond motifs is 1. The number of ether oxygens (including phenoxy) is 2. The van der Waals surface area contributed by atoms with Crippen molar-refractivity contribution in [1.29, 1.82) is 0 Å². The maximum atomic E-state index is 14.0. The van der Waals surface area contributed by atoms with Gasteiger partial charge >= 0.3 is 0 Å². The van der Waals surface area contributed by atoms with Crippen LogP contribution in [0.5, 0.6) is 11.5 Å². The van der Waals surface area contributed by atoms with Crippen LogP contribution in [0.1, 0.15) is 41.6 Å². The van der Waals surface area contributed by atoms with E-state index in [2.05, 4.69) is 5.10 Å². The summed E-state index contributed by atoms with van der Waals surface area (Å²) in [5, 5.41) is 8.64. The molecule has 0 atom stereocenters. The molecule has 0 unspecified atom stereocenters. The van der Waals surface area contributed by atoms with Crippen molar-refractivity contribution in [1.82, 2.24) is 5.01 Å². The number of rotatable bonds is 7. The third-order valence-corrected chi connectivity index (χ3v) is 6.39. The van der Waals surface area contributed by atoms with E-state index in [9.17, 15) is 14.0 Å². The molecule has 2 aromatic carbocycles. The van der Waals surface area contributed by atoms with Crippen LogP contribution >= 0.6 is 11.3 Å². The molecule has 166 valence electrons. The quantitative estimate of drug-likeness (QED) is 0.469. The highest BCUT2D eigenvalue weighted by Crippen LogP contribution is 2.30. The van der Waals surface area contributed by atoms with Crippen molar-refractivity contribution < 1.29 is 23.5 Å². The molecule has 1 aliphatic heterocycles. The molecular formula is C24H23FN2O4S. The lowest BCUT2D eigenvalue weighted by molar-refractivity contribution is -0.131. The average molecular weight is 455 g/mol. The molecule has 0 saturated heterocycles. The highest BCUT2D eigenvalue weighted by molar-refractivity contribution is 7.17. The maximum absolute atomic E-state index is 14.0. The predicted octanol–water partition coefficient (Wildman–Crippen LogP) is 5.05. The summed E-state index contributed by atoms with van der Waals surface area (Å²) in [6.45, 7) is 0.501. The number of benzene rings is 2. The van der Waals surface area contributed by atoms with Crippen LogP contribution in [0.15, 0.2) is 46.9 Å². The van der Waals surface area contributed by atoms with Crippen LogP contribution in [0, 0.1) is 5.82 Å². The number of halogens is 1. The highest BCUT2D eigenvalue weighted by atomic mass is 32.1. The Labute approximate surface area is 189 Å². The van der Waals surface area contributed by atoms with Crippen molar-refractivity contribution in [3.05, 3.63) is 58.7 Å². The van der Waals surface area contributed by atoms with E-state index in [1.165, 1.54) is 36.6 Å². The second kappa shape index (κ2) is 9.48. The fourth-order valence-electron chi connectivity index (χ4n) is 3.79. The Bertz CT molecular complexity index is 1200. The summed E-state index contributed by atoms with van der Waals surface area (Å²) in [5.74, 6) is 0.389. The number of nitrogens with zero attached hydrogens (tertiary/aromatic N) is 2. The van der Waals surface area contributed by atoms with Crippen molar-refractivity contribution >= 4 is 38.8 Å². The van der Waals surface area contributed by atoms with Crippen LogP contribution < -0.4 is 9.47 Å². The Morgan fingerprint density at radius 1 is 1.09 bits per heavy atom. The van der Waals surface area contributed by atoms with Crippen LogP contribution in [0.3, 0.4) is 0 Å². The van der Waals surface area contributed by atoms with E-state index in [0.717, 1.165) is 23.1 Å². The minimum Gasteiger partial charge on any atom is -0.493 e. The molecular weight excluding hydrogens is 431 g/mol. The molecule has 0 saturated carbocycles. The van der Waals surface area contributed by atoms with Crippen LogP contribution in [0.4, 0.5) is 4.39 Å². The lowest BCUT2D eigenvalue weighted by Crippen LogP contribution is -2.32. The number of thiophene rings is 1. The number of hydrogen-bond donors (Lipinski definition) is 0. The standard InChI is InChI=1S/C24H23FN2O4S/c1-30-21-9-5-15(14-22(21)31-2)20(28)8-10-23(29)27-12-3-4-19(26-27)16-6-7-18(25)24-17(16)11-13-32-24/h5-7,9,11,13-14H,3-4,8,10,12H2,1-2H3. The number of hydrazone groups is 1. The zero-order valence-electron chi connectivity index (χ0n) is 17.9. The largest absolute Gasteiger partial charge is 0.493 e. The summed E-state index contributed by atoms with van der Waals surface area (Å²) >= 11 is 1.35. The number of carbonyl (C=O) groups excluding carboxylic acids is 2. The Morgan fingerprint density at radius 2 is 1.91 bits per heavy atom. The topological polar surface area (TPSA) is 68.2 Å². The van der Waals surface area contributed by atoms with E-state index in [1.54, 1.807) is 24.3 Å². The first-order valence-corrected chi connectivity index (χ1v) is 11.2. The number of ketones is 1. The minimum atomic E-state index is -0.253. The SMILES string of the molecule is COc1ccc(C(=O)CCC(=O)N2CCCC(c3ccc(F)c4sccc34)=N2)cc1OC. The van der Waals surface area contributed by atoms with Crippen molar-refractivity contribution in [2.24, 2.45) is 5.10 Å². The number of Topliss-reactive ketones (excluding diaryl/α,β-unsaturated/α-hetero) is 1. The van der Waals surface area contributed by atoms with Gasteiger partial charge < -0.3 is 9.47 Å². The number of methoxy groups -OCH3 is 2. The summed E-state index contributed by atoms with van der Waals surface area (Å²) in [6, 6.07) is 9.99. The number of hydrogen-bond acceptors (Lipinski definition) is 6. The van der Waals surface area contributed by atoms with Gasteiger partial charge in [0.1, 0.15) is 5.82 Å². The normalized spacial score (nSPS) is 13.7. The summed E-state index contributed by atoms with van der Waals surface area (Å²) in [5.41, 5.74) is 2.07. The van der Waals surface area contributed by atoms with Crippen molar-refractivity contribution in [3.8, 4) is 11.5 Å². The minimum absolute atomic E-state index is 0.0568. The molecule has 32 heavy (non-hydrogen) atoms. The van der Waals surface area contributed by atoms with E-state index in [0.29, 0.717) is 34.7 Å². The van der Waals surface area contributed by atoms with Crippen LogP contribution in [0.25, 0.3) is 10.1 Å². The fourth-order valence-corrected chi connectivity index (χ4v) is 4.62. The molecule has 6 nitrogen and oxygen atoms in total. The summed E-state index contributed by atoms with van der Waals surface area (Å²) in [6.07, 6.45) is 1.60. The Hall–Kier alpha value is -3.26. The van der Waals surface area contributed by atoms with Gasteiger partial charge in [0, 0.05) is 35.9 Å². The van der Waals surface area contributed by atoms with Gasteiger partial charge in [-0.1, -0.05) is 0 Å². The Balaban J connectivity index is 1.46. The third-order valence-electron chi connectivity index (χ3n) is 5.46. The van der Waals surface area contributed by atoms with Crippen molar-refractivity contribution in [3.63, 3.8) is 0 Å². The van der Waals surface area contributed by atoms with Crippen LogP contribution in [-0.4, -0.2) is 43.2 Å².